The fourth-order valence-corrected chi connectivity index (χ4v) is 3.82. The van der Waals surface area contributed by atoms with Crippen molar-refractivity contribution in [3.8, 4) is 0 Å². The molecule has 0 spiro atoms. The van der Waals surface area contributed by atoms with Crippen LogP contribution in [0.3, 0.4) is 0 Å². The van der Waals surface area contributed by atoms with E-state index in [4.69, 9.17) is 21.1 Å². The highest BCUT2D eigenvalue weighted by Crippen LogP contribution is 2.50. The molecule has 0 radical (unpaired) electrons. The molecule has 0 unspecified atom stereocenters. The van der Waals surface area contributed by atoms with E-state index in [1.54, 1.807) is 19.1 Å². The third kappa shape index (κ3) is 5.55. The summed E-state index contributed by atoms with van der Waals surface area (Å²) >= 11 is 6.00. The van der Waals surface area contributed by atoms with Crippen molar-refractivity contribution < 1.29 is 19.1 Å². The molecule has 0 saturated carbocycles. The number of benzene rings is 1. The average Bonchev–Trinajstić information content (AvgIpc) is 2.85. The highest BCUT2D eigenvalue weighted by atomic mass is 35.5. The number of Topliss-reactive ketones (excluding diaryl/α,β-unsaturated/α-hetero) is 1. The van der Waals surface area contributed by atoms with E-state index in [0.717, 1.165) is 5.56 Å². The first-order chi connectivity index (χ1) is 12.2. The minimum absolute atomic E-state index is 0.00860. The zero-order valence-corrected chi connectivity index (χ0v) is 18.1. The van der Waals surface area contributed by atoms with Crippen LogP contribution in [0.2, 0.25) is 5.02 Å². The minimum Gasteiger partial charge on any atom is -0.458 e. The van der Waals surface area contributed by atoms with E-state index in [0.29, 0.717) is 17.9 Å². The molecule has 3 atom stereocenters. The van der Waals surface area contributed by atoms with Crippen molar-refractivity contribution >= 4 is 23.4 Å². The first-order valence-corrected chi connectivity index (χ1v) is 9.77. The Balaban J connectivity index is 2.46. The number of carbonyl (C=O) groups is 2. The maximum Gasteiger partial charge on any atom is 0.339 e. The van der Waals surface area contributed by atoms with Crippen molar-refractivity contribution in [3.63, 3.8) is 0 Å². The lowest BCUT2D eigenvalue weighted by molar-refractivity contribution is -0.186. The number of rotatable bonds is 4. The van der Waals surface area contributed by atoms with Crippen LogP contribution in [0.1, 0.15) is 73.0 Å². The van der Waals surface area contributed by atoms with Crippen molar-refractivity contribution in [2.45, 2.75) is 78.6 Å². The van der Waals surface area contributed by atoms with Crippen molar-refractivity contribution in [1.29, 1.82) is 0 Å². The van der Waals surface area contributed by atoms with Gasteiger partial charge in [0.15, 0.2) is 5.60 Å². The molecule has 1 aliphatic rings. The van der Waals surface area contributed by atoms with Gasteiger partial charge in [-0.2, -0.15) is 0 Å². The molecule has 1 fully saturated rings. The summed E-state index contributed by atoms with van der Waals surface area (Å²) < 4.78 is 12.1. The van der Waals surface area contributed by atoms with Crippen LogP contribution in [0.5, 0.6) is 0 Å². The molecule has 0 bridgehead atoms. The van der Waals surface area contributed by atoms with E-state index in [1.165, 1.54) is 0 Å². The van der Waals surface area contributed by atoms with E-state index < -0.39 is 29.2 Å². The maximum atomic E-state index is 13.2. The van der Waals surface area contributed by atoms with Crippen LogP contribution in [0.4, 0.5) is 0 Å². The number of carbonyl (C=O) groups excluding carboxylic acids is 2. The Morgan fingerprint density at radius 3 is 2.15 bits per heavy atom. The first-order valence-electron chi connectivity index (χ1n) is 9.40. The third-order valence-electron chi connectivity index (χ3n) is 4.58. The van der Waals surface area contributed by atoms with Crippen molar-refractivity contribution in [2.75, 3.05) is 0 Å². The monoisotopic (exact) mass is 394 g/mol. The molecular formula is C22H31ClO4. The molecule has 4 nitrogen and oxygen atoms in total. The smallest absolute Gasteiger partial charge is 0.339 e. The second kappa shape index (κ2) is 7.56. The van der Waals surface area contributed by atoms with Crippen LogP contribution in [0, 0.1) is 11.3 Å². The van der Waals surface area contributed by atoms with Crippen LogP contribution < -0.4 is 0 Å². The zero-order chi connectivity index (χ0) is 20.6. The number of ether oxygens (including phenoxy) is 2. The molecule has 1 aromatic rings. The first kappa shape index (κ1) is 21.9. The second-order valence-electron chi connectivity index (χ2n) is 9.74. The molecule has 150 valence electrons. The summed E-state index contributed by atoms with van der Waals surface area (Å²) in [5.41, 5.74) is -1.10. The second-order valence-corrected chi connectivity index (χ2v) is 10.2. The molecule has 1 aromatic carbocycles. The molecular weight excluding hydrogens is 364 g/mol. The van der Waals surface area contributed by atoms with Crippen molar-refractivity contribution in [1.82, 2.24) is 0 Å². The lowest BCUT2D eigenvalue weighted by Crippen LogP contribution is -2.46. The maximum absolute atomic E-state index is 13.2. The highest BCUT2D eigenvalue weighted by Gasteiger charge is 2.56. The number of hydrogen-bond donors (Lipinski definition) is 0. The van der Waals surface area contributed by atoms with Gasteiger partial charge in [-0.25, -0.2) is 4.79 Å². The summed E-state index contributed by atoms with van der Waals surface area (Å²) in [6, 6.07) is 7.25. The summed E-state index contributed by atoms with van der Waals surface area (Å²) in [6.45, 7) is 13.2. The minimum atomic E-state index is -1.15. The van der Waals surface area contributed by atoms with Gasteiger partial charge in [-0.1, -0.05) is 44.5 Å². The SMILES string of the molecule is CC(=O)[C@@H]1C[C@](CC(C)(C)C)(C(=O)OC(C)(C)C)O[C@@H]1c1ccc(Cl)cc1. The molecule has 0 amide bonds. The topological polar surface area (TPSA) is 52.6 Å². The Kier molecular flexibility index (Phi) is 6.13. The lowest BCUT2D eigenvalue weighted by Gasteiger charge is -2.35. The summed E-state index contributed by atoms with van der Waals surface area (Å²) in [5.74, 6) is -0.789. The Labute approximate surface area is 167 Å². The molecule has 0 N–H and O–H groups in total. The van der Waals surface area contributed by atoms with Gasteiger partial charge in [-0.05, 0) is 63.6 Å². The lowest BCUT2D eigenvalue weighted by atomic mass is 9.77. The number of hydrogen-bond acceptors (Lipinski definition) is 4. The van der Waals surface area contributed by atoms with E-state index >= 15 is 0 Å². The van der Waals surface area contributed by atoms with Crippen molar-refractivity contribution in [2.24, 2.45) is 11.3 Å². The van der Waals surface area contributed by atoms with E-state index in [9.17, 15) is 9.59 Å². The summed E-state index contributed by atoms with van der Waals surface area (Å²) in [4.78, 5) is 25.6. The average molecular weight is 395 g/mol. The normalized spacial score (nSPS) is 26.1. The third-order valence-corrected chi connectivity index (χ3v) is 4.83. The van der Waals surface area contributed by atoms with Gasteiger partial charge in [0.25, 0.3) is 0 Å². The predicted molar refractivity (Wildman–Crippen MR) is 107 cm³/mol. The molecule has 2 rings (SSSR count). The molecule has 27 heavy (non-hydrogen) atoms. The fraction of sp³-hybridized carbons (Fsp3) is 0.636. The molecule has 0 aliphatic carbocycles. The summed E-state index contributed by atoms with van der Waals surface area (Å²) in [6.07, 6.45) is 0.305. The quantitative estimate of drug-likeness (QED) is 0.630. The number of ketones is 1. The van der Waals surface area contributed by atoms with Gasteiger partial charge in [-0.15, -0.1) is 0 Å². The van der Waals surface area contributed by atoms with Gasteiger partial charge < -0.3 is 9.47 Å². The predicted octanol–water partition coefficient (Wildman–Crippen LogP) is 5.52. The van der Waals surface area contributed by atoms with E-state index in [2.05, 4.69) is 20.8 Å². The largest absolute Gasteiger partial charge is 0.458 e. The van der Waals surface area contributed by atoms with E-state index in [-0.39, 0.29) is 11.2 Å². The fourth-order valence-electron chi connectivity index (χ4n) is 3.69. The van der Waals surface area contributed by atoms with Gasteiger partial charge in [-0.3, -0.25) is 4.79 Å². The van der Waals surface area contributed by atoms with Crippen LogP contribution in [0.25, 0.3) is 0 Å². The summed E-state index contributed by atoms with van der Waals surface area (Å²) in [7, 11) is 0. The van der Waals surface area contributed by atoms with Gasteiger partial charge in [0.05, 0.1) is 12.0 Å². The number of halogens is 1. The standard InChI is InChI=1S/C22H31ClO4/c1-14(24)17-12-22(13-20(2,3)4,19(25)27-21(5,6)7)26-18(17)15-8-10-16(23)11-9-15/h8-11,17-18H,12-13H2,1-7H3/t17-,18+,22-/m0/s1. The van der Waals surface area contributed by atoms with Gasteiger partial charge in [0.2, 0.25) is 0 Å². The number of esters is 1. The van der Waals surface area contributed by atoms with Crippen molar-refractivity contribution in [3.05, 3.63) is 34.9 Å². The Bertz CT molecular complexity index is 697. The van der Waals surface area contributed by atoms with Crippen LogP contribution >= 0.6 is 11.6 Å². The molecule has 1 saturated heterocycles. The molecule has 1 heterocycles. The Morgan fingerprint density at radius 2 is 1.70 bits per heavy atom. The summed E-state index contributed by atoms with van der Waals surface area (Å²) in [5, 5.41) is 0.615. The highest BCUT2D eigenvalue weighted by molar-refractivity contribution is 6.30. The van der Waals surface area contributed by atoms with Gasteiger partial charge in [0.1, 0.15) is 11.4 Å². The van der Waals surface area contributed by atoms with Gasteiger partial charge >= 0.3 is 5.97 Å². The van der Waals surface area contributed by atoms with Crippen LogP contribution in [-0.4, -0.2) is 23.0 Å². The molecule has 1 aliphatic heterocycles. The Morgan fingerprint density at radius 1 is 1.15 bits per heavy atom. The Hall–Kier alpha value is -1.39. The van der Waals surface area contributed by atoms with Crippen LogP contribution in [0.15, 0.2) is 24.3 Å². The molecule has 0 aromatic heterocycles. The molecule has 5 heteroatoms. The van der Waals surface area contributed by atoms with Gasteiger partial charge in [0, 0.05) is 5.02 Å². The zero-order valence-electron chi connectivity index (χ0n) is 17.4. The van der Waals surface area contributed by atoms with Crippen LogP contribution in [-0.2, 0) is 19.1 Å². The van der Waals surface area contributed by atoms with E-state index in [1.807, 2.05) is 32.9 Å².